The van der Waals surface area contributed by atoms with Crippen LogP contribution in [0, 0.1) is 0 Å². The first-order chi connectivity index (χ1) is 10.6. The van der Waals surface area contributed by atoms with Gasteiger partial charge in [0.05, 0.1) is 24.2 Å². The van der Waals surface area contributed by atoms with Gasteiger partial charge in [-0.05, 0) is 29.8 Å². The van der Waals surface area contributed by atoms with Gasteiger partial charge in [0.25, 0.3) is 0 Å². The summed E-state index contributed by atoms with van der Waals surface area (Å²) in [5, 5.41) is 2.03. The molecule has 0 unspecified atom stereocenters. The summed E-state index contributed by atoms with van der Waals surface area (Å²) in [5.41, 5.74) is 0. The van der Waals surface area contributed by atoms with Crippen molar-refractivity contribution in [3.63, 3.8) is 0 Å². The molecule has 0 radical (unpaired) electrons. The van der Waals surface area contributed by atoms with Crippen LogP contribution in [-0.2, 0) is 14.6 Å². The summed E-state index contributed by atoms with van der Waals surface area (Å²) in [7, 11) is -3.26. The number of morpholine rings is 1. The van der Waals surface area contributed by atoms with Gasteiger partial charge in [0.2, 0.25) is 0 Å². The second kappa shape index (κ2) is 6.36. The highest BCUT2D eigenvalue weighted by atomic mass is 32.2. The molecule has 0 bridgehead atoms. The molecule has 2 aromatic rings. The molecule has 1 heterocycles. The summed E-state index contributed by atoms with van der Waals surface area (Å²) >= 11 is 0. The molecule has 1 saturated heterocycles. The maximum absolute atomic E-state index is 12.7. The SMILES string of the molecule is C[C@H](CS(=O)(=O)c1ccc2ccccc2c1)[NH+]1CCOCC1. The average Bonchev–Trinajstić information content (AvgIpc) is 2.55. The van der Waals surface area contributed by atoms with Crippen LogP contribution in [0.3, 0.4) is 0 Å². The van der Waals surface area contributed by atoms with Crippen LogP contribution in [0.4, 0.5) is 0 Å². The van der Waals surface area contributed by atoms with Crippen LogP contribution in [-0.4, -0.2) is 46.5 Å². The van der Waals surface area contributed by atoms with Crippen LogP contribution >= 0.6 is 0 Å². The first-order valence-electron chi connectivity index (χ1n) is 7.70. The van der Waals surface area contributed by atoms with Crippen LogP contribution in [0.2, 0.25) is 0 Å². The van der Waals surface area contributed by atoms with Gasteiger partial charge in [0.15, 0.2) is 9.84 Å². The van der Waals surface area contributed by atoms with Crippen molar-refractivity contribution < 1.29 is 18.1 Å². The van der Waals surface area contributed by atoms with Crippen molar-refractivity contribution >= 4 is 20.6 Å². The first-order valence-corrected chi connectivity index (χ1v) is 9.35. The fraction of sp³-hybridized carbons (Fsp3) is 0.412. The monoisotopic (exact) mass is 320 g/mol. The van der Waals surface area contributed by atoms with Gasteiger partial charge in [-0.3, -0.25) is 0 Å². The molecule has 0 aliphatic carbocycles. The van der Waals surface area contributed by atoms with Crippen molar-refractivity contribution in [3.8, 4) is 0 Å². The Morgan fingerprint density at radius 2 is 1.77 bits per heavy atom. The number of hydrogen-bond donors (Lipinski definition) is 1. The van der Waals surface area contributed by atoms with E-state index in [0.29, 0.717) is 4.90 Å². The molecule has 4 nitrogen and oxygen atoms in total. The van der Waals surface area contributed by atoms with E-state index in [1.165, 1.54) is 4.90 Å². The molecule has 2 aromatic carbocycles. The van der Waals surface area contributed by atoms with E-state index in [1.807, 2.05) is 37.3 Å². The number of fused-ring (bicyclic) bond motifs is 1. The van der Waals surface area contributed by atoms with Crippen molar-refractivity contribution in [1.82, 2.24) is 0 Å². The highest BCUT2D eigenvalue weighted by Crippen LogP contribution is 2.20. The Labute approximate surface area is 131 Å². The zero-order valence-corrected chi connectivity index (χ0v) is 13.6. The zero-order valence-electron chi connectivity index (χ0n) is 12.8. The smallest absolute Gasteiger partial charge is 0.184 e. The molecular weight excluding hydrogens is 298 g/mol. The molecule has 3 rings (SSSR count). The lowest BCUT2D eigenvalue weighted by Gasteiger charge is -2.29. The van der Waals surface area contributed by atoms with Crippen LogP contribution in [0.15, 0.2) is 47.4 Å². The summed E-state index contributed by atoms with van der Waals surface area (Å²) < 4.78 is 30.7. The van der Waals surface area contributed by atoms with Crippen molar-refractivity contribution in [2.45, 2.75) is 17.9 Å². The second-order valence-electron chi connectivity index (χ2n) is 5.96. The van der Waals surface area contributed by atoms with Gasteiger partial charge in [-0.25, -0.2) is 8.42 Å². The number of ether oxygens (including phenoxy) is 1. The highest BCUT2D eigenvalue weighted by Gasteiger charge is 2.27. The second-order valence-corrected chi connectivity index (χ2v) is 8.00. The van der Waals surface area contributed by atoms with E-state index in [9.17, 15) is 8.42 Å². The van der Waals surface area contributed by atoms with E-state index in [2.05, 4.69) is 0 Å². The lowest BCUT2D eigenvalue weighted by atomic mass is 10.1. The average molecular weight is 320 g/mol. The van der Waals surface area contributed by atoms with Crippen LogP contribution in [0.5, 0.6) is 0 Å². The van der Waals surface area contributed by atoms with E-state index < -0.39 is 9.84 Å². The van der Waals surface area contributed by atoms with Gasteiger partial charge in [0.1, 0.15) is 18.8 Å². The molecule has 1 aliphatic rings. The number of rotatable bonds is 4. The molecule has 22 heavy (non-hydrogen) atoms. The molecule has 0 saturated carbocycles. The van der Waals surface area contributed by atoms with E-state index in [1.54, 1.807) is 12.1 Å². The Morgan fingerprint density at radius 1 is 1.09 bits per heavy atom. The van der Waals surface area contributed by atoms with Gasteiger partial charge < -0.3 is 9.64 Å². The molecule has 1 atom stereocenters. The molecule has 5 heteroatoms. The van der Waals surface area contributed by atoms with E-state index in [-0.39, 0.29) is 11.8 Å². The van der Waals surface area contributed by atoms with Crippen molar-refractivity contribution in [2.24, 2.45) is 0 Å². The van der Waals surface area contributed by atoms with Crippen molar-refractivity contribution in [2.75, 3.05) is 32.1 Å². The molecule has 0 spiro atoms. The largest absolute Gasteiger partial charge is 0.370 e. The lowest BCUT2D eigenvalue weighted by molar-refractivity contribution is -0.928. The Balaban J connectivity index is 1.81. The quantitative estimate of drug-likeness (QED) is 0.911. The van der Waals surface area contributed by atoms with Crippen LogP contribution in [0.1, 0.15) is 6.92 Å². The molecule has 1 N–H and O–H groups in total. The van der Waals surface area contributed by atoms with E-state index >= 15 is 0 Å². The number of sulfone groups is 1. The molecule has 0 aromatic heterocycles. The third kappa shape index (κ3) is 3.32. The maximum Gasteiger partial charge on any atom is 0.184 e. The highest BCUT2D eigenvalue weighted by molar-refractivity contribution is 7.91. The minimum absolute atomic E-state index is 0.0837. The van der Waals surface area contributed by atoms with Gasteiger partial charge in [0, 0.05) is 0 Å². The van der Waals surface area contributed by atoms with E-state index in [4.69, 9.17) is 4.74 Å². The number of quaternary nitrogens is 1. The Kier molecular flexibility index (Phi) is 4.47. The fourth-order valence-corrected chi connectivity index (χ4v) is 4.70. The standard InChI is InChI=1S/C17H21NO3S/c1-14(18-8-10-21-11-9-18)13-22(19,20)17-7-6-15-4-2-3-5-16(15)12-17/h2-7,12,14H,8-11,13H2,1H3/p+1/t14-/m1/s1. The summed E-state index contributed by atoms with van der Waals surface area (Å²) in [6.07, 6.45) is 0. The summed E-state index contributed by atoms with van der Waals surface area (Å²) in [4.78, 5) is 1.74. The molecule has 118 valence electrons. The Morgan fingerprint density at radius 3 is 2.50 bits per heavy atom. The van der Waals surface area contributed by atoms with Gasteiger partial charge in [-0.15, -0.1) is 0 Å². The van der Waals surface area contributed by atoms with Crippen molar-refractivity contribution in [3.05, 3.63) is 42.5 Å². The number of hydrogen-bond acceptors (Lipinski definition) is 3. The summed E-state index contributed by atoms with van der Waals surface area (Å²) in [6, 6.07) is 13.3. The zero-order chi connectivity index (χ0) is 15.6. The van der Waals surface area contributed by atoms with Crippen LogP contribution < -0.4 is 4.90 Å². The van der Waals surface area contributed by atoms with Gasteiger partial charge in [-0.2, -0.15) is 0 Å². The van der Waals surface area contributed by atoms with Crippen LogP contribution in [0.25, 0.3) is 10.8 Å². The predicted octanol–water partition coefficient (Wildman–Crippen LogP) is 0.917. The maximum atomic E-state index is 12.7. The lowest BCUT2D eigenvalue weighted by Crippen LogP contribution is -3.17. The predicted molar refractivity (Wildman–Crippen MR) is 87.0 cm³/mol. The Hall–Kier alpha value is -1.43. The minimum atomic E-state index is -3.26. The normalized spacial score (nSPS) is 18.4. The number of benzene rings is 2. The summed E-state index contributed by atoms with van der Waals surface area (Å²) in [5.74, 6) is 0.181. The third-order valence-corrected chi connectivity index (χ3v) is 6.29. The van der Waals surface area contributed by atoms with Gasteiger partial charge in [-0.1, -0.05) is 30.3 Å². The topological polar surface area (TPSA) is 47.8 Å². The van der Waals surface area contributed by atoms with Crippen molar-refractivity contribution in [1.29, 1.82) is 0 Å². The third-order valence-electron chi connectivity index (χ3n) is 4.38. The molecular formula is C17H22NO3S+. The fourth-order valence-electron chi connectivity index (χ4n) is 3.03. The first kappa shape index (κ1) is 15.5. The molecule has 1 aliphatic heterocycles. The van der Waals surface area contributed by atoms with E-state index in [0.717, 1.165) is 37.1 Å². The summed E-state index contributed by atoms with van der Waals surface area (Å²) in [6.45, 7) is 5.22. The minimum Gasteiger partial charge on any atom is -0.370 e. The number of nitrogens with one attached hydrogen (secondary N) is 1. The molecule has 1 fully saturated rings. The van der Waals surface area contributed by atoms with Gasteiger partial charge >= 0.3 is 0 Å². The Bertz CT molecular complexity index is 751. The molecule has 0 amide bonds.